The molecule has 1 saturated heterocycles. The fraction of sp³-hybridized carbons (Fsp3) is 0.273. The van der Waals surface area contributed by atoms with E-state index in [-0.39, 0.29) is 18.2 Å². The standard InChI is InChI=1S/C22H24N2O3/c1-22(21(26)23-18-11-7-12-19(16-18)27-2)14-15-24(22)20(25)13-6-10-17-8-4-3-5-9-17/h3-12,16H,13-15H2,1-2H3,(H,23,26)/b10-6+. The monoisotopic (exact) mass is 364 g/mol. The van der Waals surface area contributed by atoms with Gasteiger partial charge in [-0.05, 0) is 31.0 Å². The Kier molecular flexibility index (Phi) is 5.60. The third-order valence-electron chi connectivity index (χ3n) is 4.94. The van der Waals surface area contributed by atoms with Crippen LogP contribution < -0.4 is 10.1 Å². The van der Waals surface area contributed by atoms with Gasteiger partial charge >= 0.3 is 0 Å². The number of carbonyl (C=O) groups is 2. The molecule has 1 aliphatic heterocycles. The van der Waals surface area contributed by atoms with Gasteiger partial charge in [-0.1, -0.05) is 48.6 Å². The second kappa shape index (κ2) is 8.08. The molecule has 1 heterocycles. The van der Waals surface area contributed by atoms with E-state index >= 15 is 0 Å². The molecule has 1 fully saturated rings. The molecule has 1 aliphatic rings. The molecule has 140 valence electrons. The van der Waals surface area contributed by atoms with Crippen LogP contribution in [0.4, 0.5) is 5.69 Å². The molecule has 5 heteroatoms. The molecule has 0 aliphatic carbocycles. The van der Waals surface area contributed by atoms with Crippen molar-refractivity contribution in [3.05, 3.63) is 66.2 Å². The lowest BCUT2D eigenvalue weighted by atomic mass is 9.85. The normalized spacial score (nSPS) is 18.8. The summed E-state index contributed by atoms with van der Waals surface area (Å²) in [5.74, 6) is 0.449. The lowest BCUT2D eigenvalue weighted by molar-refractivity contribution is -0.154. The maximum absolute atomic E-state index is 12.8. The average molecular weight is 364 g/mol. The smallest absolute Gasteiger partial charge is 0.250 e. The minimum Gasteiger partial charge on any atom is -0.497 e. The first-order valence-corrected chi connectivity index (χ1v) is 9.00. The van der Waals surface area contributed by atoms with Crippen molar-refractivity contribution in [1.29, 1.82) is 0 Å². The summed E-state index contributed by atoms with van der Waals surface area (Å²) in [6.07, 6.45) is 4.69. The van der Waals surface area contributed by atoms with Gasteiger partial charge in [0.15, 0.2) is 0 Å². The largest absolute Gasteiger partial charge is 0.497 e. The highest BCUT2D eigenvalue weighted by molar-refractivity contribution is 6.01. The Bertz CT molecular complexity index is 848. The van der Waals surface area contributed by atoms with Gasteiger partial charge in [0.05, 0.1) is 7.11 Å². The second-order valence-electron chi connectivity index (χ2n) is 6.77. The maximum atomic E-state index is 12.8. The van der Waals surface area contributed by atoms with E-state index < -0.39 is 5.54 Å². The lowest BCUT2D eigenvalue weighted by Gasteiger charge is -2.49. The highest BCUT2D eigenvalue weighted by Gasteiger charge is 2.48. The van der Waals surface area contributed by atoms with E-state index in [4.69, 9.17) is 4.74 Å². The van der Waals surface area contributed by atoms with Crippen molar-refractivity contribution >= 4 is 23.6 Å². The fourth-order valence-electron chi connectivity index (χ4n) is 3.13. The summed E-state index contributed by atoms with van der Waals surface area (Å²) in [7, 11) is 1.58. The highest BCUT2D eigenvalue weighted by Crippen LogP contribution is 2.32. The number of benzene rings is 2. The molecule has 0 spiro atoms. The molecule has 1 atom stereocenters. The maximum Gasteiger partial charge on any atom is 0.250 e. The van der Waals surface area contributed by atoms with Gasteiger partial charge in [0.25, 0.3) is 0 Å². The van der Waals surface area contributed by atoms with Crippen LogP contribution in [0, 0.1) is 0 Å². The van der Waals surface area contributed by atoms with Crippen molar-refractivity contribution in [1.82, 2.24) is 4.90 Å². The average Bonchev–Trinajstić information content (AvgIpc) is 2.67. The predicted octanol–water partition coefficient (Wildman–Crippen LogP) is 3.73. The quantitative estimate of drug-likeness (QED) is 0.850. The van der Waals surface area contributed by atoms with Crippen LogP contribution in [0.1, 0.15) is 25.3 Å². The molecule has 0 saturated carbocycles. The summed E-state index contributed by atoms with van der Waals surface area (Å²) in [5.41, 5.74) is 0.886. The predicted molar refractivity (Wildman–Crippen MR) is 106 cm³/mol. The van der Waals surface area contributed by atoms with Crippen LogP contribution >= 0.6 is 0 Å². The van der Waals surface area contributed by atoms with Crippen LogP contribution in [0.15, 0.2) is 60.7 Å². The van der Waals surface area contributed by atoms with E-state index in [1.165, 1.54) is 0 Å². The summed E-state index contributed by atoms with van der Waals surface area (Å²) in [4.78, 5) is 27.0. The van der Waals surface area contributed by atoms with Crippen molar-refractivity contribution in [2.75, 3.05) is 19.0 Å². The van der Waals surface area contributed by atoms with Gasteiger partial charge in [-0.2, -0.15) is 0 Å². The van der Waals surface area contributed by atoms with E-state index in [0.29, 0.717) is 24.4 Å². The van der Waals surface area contributed by atoms with Gasteiger partial charge < -0.3 is 15.0 Å². The molecule has 0 bridgehead atoms. The molecule has 2 amide bonds. The first kappa shape index (κ1) is 18.7. The van der Waals surface area contributed by atoms with Gasteiger partial charge in [0.2, 0.25) is 11.8 Å². The molecule has 0 aromatic heterocycles. The van der Waals surface area contributed by atoms with Crippen LogP contribution in [0.25, 0.3) is 6.08 Å². The summed E-state index contributed by atoms with van der Waals surface area (Å²) in [6.45, 7) is 2.41. The SMILES string of the molecule is COc1cccc(NC(=O)C2(C)CCN2C(=O)C/C=C/c2ccccc2)c1. The Morgan fingerprint density at radius 3 is 2.63 bits per heavy atom. The Balaban J connectivity index is 1.61. The second-order valence-corrected chi connectivity index (χ2v) is 6.77. The Morgan fingerprint density at radius 1 is 1.19 bits per heavy atom. The number of anilines is 1. The number of hydrogen-bond donors (Lipinski definition) is 1. The summed E-state index contributed by atoms with van der Waals surface area (Å²) >= 11 is 0. The van der Waals surface area contributed by atoms with Crippen molar-refractivity contribution in [2.24, 2.45) is 0 Å². The van der Waals surface area contributed by atoms with Gasteiger partial charge in [-0.25, -0.2) is 0 Å². The molecule has 0 radical (unpaired) electrons. The zero-order valence-corrected chi connectivity index (χ0v) is 15.6. The van der Waals surface area contributed by atoms with E-state index in [0.717, 1.165) is 5.56 Å². The van der Waals surface area contributed by atoms with Crippen LogP contribution in [0.2, 0.25) is 0 Å². The molecule has 1 N–H and O–H groups in total. The van der Waals surface area contributed by atoms with Gasteiger partial charge in [-0.3, -0.25) is 9.59 Å². The van der Waals surface area contributed by atoms with E-state index in [1.54, 1.807) is 24.1 Å². The van der Waals surface area contributed by atoms with Crippen molar-refractivity contribution in [3.63, 3.8) is 0 Å². The Morgan fingerprint density at radius 2 is 1.96 bits per heavy atom. The van der Waals surface area contributed by atoms with Gasteiger partial charge in [-0.15, -0.1) is 0 Å². The van der Waals surface area contributed by atoms with Crippen molar-refractivity contribution in [2.45, 2.75) is 25.3 Å². The molecule has 1 unspecified atom stereocenters. The van der Waals surface area contributed by atoms with E-state index in [9.17, 15) is 9.59 Å². The summed E-state index contributed by atoms with van der Waals surface area (Å²) < 4.78 is 5.18. The minimum absolute atomic E-state index is 0.0447. The van der Waals surface area contributed by atoms with Crippen LogP contribution in [-0.4, -0.2) is 35.9 Å². The summed E-state index contributed by atoms with van der Waals surface area (Å²) in [6, 6.07) is 17.0. The molecular formula is C22H24N2O3. The number of amides is 2. The lowest BCUT2D eigenvalue weighted by Crippen LogP contribution is -2.66. The number of rotatable bonds is 6. The molecule has 27 heavy (non-hydrogen) atoms. The fourth-order valence-corrected chi connectivity index (χ4v) is 3.13. The number of carbonyl (C=O) groups excluding carboxylic acids is 2. The molecule has 5 nitrogen and oxygen atoms in total. The van der Waals surface area contributed by atoms with Crippen LogP contribution in [0.5, 0.6) is 5.75 Å². The van der Waals surface area contributed by atoms with Crippen molar-refractivity contribution in [3.8, 4) is 5.75 Å². The number of hydrogen-bond acceptors (Lipinski definition) is 3. The topological polar surface area (TPSA) is 58.6 Å². The first-order chi connectivity index (χ1) is 13.0. The zero-order chi connectivity index (χ0) is 19.3. The number of nitrogens with zero attached hydrogens (tertiary/aromatic N) is 1. The van der Waals surface area contributed by atoms with Gasteiger partial charge in [0, 0.05) is 24.7 Å². The highest BCUT2D eigenvalue weighted by atomic mass is 16.5. The number of nitrogens with one attached hydrogen (secondary N) is 1. The Hall–Kier alpha value is -3.08. The Labute approximate surface area is 159 Å². The molecular weight excluding hydrogens is 340 g/mol. The zero-order valence-electron chi connectivity index (χ0n) is 15.6. The van der Waals surface area contributed by atoms with Gasteiger partial charge in [0.1, 0.15) is 11.3 Å². The molecule has 3 rings (SSSR count). The van der Waals surface area contributed by atoms with Crippen LogP contribution in [0.3, 0.4) is 0 Å². The summed E-state index contributed by atoms with van der Waals surface area (Å²) in [5, 5.41) is 2.90. The first-order valence-electron chi connectivity index (χ1n) is 9.00. The number of methoxy groups -OCH3 is 1. The number of ether oxygens (including phenoxy) is 1. The van der Waals surface area contributed by atoms with E-state index in [2.05, 4.69) is 5.32 Å². The third kappa shape index (κ3) is 4.19. The van der Waals surface area contributed by atoms with Crippen molar-refractivity contribution < 1.29 is 14.3 Å². The number of likely N-dealkylation sites (tertiary alicyclic amines) is 1. The molecule has 2 aromatic carbocycles. The third-order valence-corrected chi connectivity index (χ3v) is 4.94. The van der Waals surface area contributed by atoms with E-state index in [1.807, 2.05) is 61.5 Å². The minimum atomic E-state index is -0.819. The molecule has 2 aromatic rings. The van der Waals surface area contributed by atoms with Crippen LogP contribution in [-0.2, 0) is 9.59 Å².